The highest BCUT2D eigenvalue weighted by Gasteiger charge is 2.30. The van der Waals surface area contributed by atoms with Crippen LogP contribution in [0.3, 0.4) is 0 Å². The largest absolute Gasteiger partial charge is 0.481 e. The fourth-order valence-corrected chi connectivity index (χ4v) is 2.34. The summed E-state index contributed by atoms with van der Waals surface area (Å²) < 4.78 is 1.75. The minimum atomic E-state index is -0.788. The van der Waals surface area contributed by atoms with Crippen LogP contribution in [0.1, 0.15) is 29.8 Å². The van der Waals surface area contributed by atoms with Crippen LogP contribution in [-0.2, 0) is 11.3 Å². The lowest BCUT2D eigenvalue weighted by atomic mass is 10.1. The van der Waals surface area contributed by atoms with E-state index in [1.54, 1.807) is 17.1 Å². The van der Waals surface area contributed by atoms with Crippen LogP contribution in [0.5, 0.6) is 0 Å². The second kappa shape index (κ2) is 5.83. The molecule has 1 aromatic heterocycles. The summed E-state index contributed by atoms with van der Waals surface area (Å²) in [4.78, 5) is 26.8. The zero-order valence-electron chi connectivity index (χ0n) is 10.6. The molecule has 0 aromatic carbocycles. The summed E-state index contributed by atoms with van der Waals surface area (Å²) in [7, 11) is 0. The molecule has 1 fully saturated rings. The SMILES string of the molecule is NCCn1cnc(C(=O)N[C@H]2CC[C@@H](C(=O)O)C2)c1. The van der Waals surface area contributed by atoms with E-state index in [0.717, 1.165) is 0 Å². The van der Waals surface area contributed by atoms with E-state index < -0.39 is 5.97 Å². The summed E-state index contributed by atoms with van der Waals surface area (Å²) in [5.41, 5.74) is 5.76. The number of carbonyl (C=O) groups is 2. The number of rotatable bonds is 5. The number of carboxylic acid groups (broad SMARTS) is 1. The van der Waals surface area contributed by atoms with E-state index in [0.29, 0.717) is 38.0 Å². The van der Waals surface area contributed by atoms with Gasteiger partial charge in [0.2, 0.25) is 0 Å². The summed E-state index contributed by atoms with van der Waals surface area (Å²) in [5, 5.41) is 11.7. The maximum atomic E-state index is 11.9. The molecule has 7 heteroatoms. The standard InChI is InChI=1S/C12H18N4O3/c13-3-4-16-6-10(14-7-16)11(17)15-9-2-1-8(5-9)12(18)19/h6-9H,1-5,13H2,(H,15,17)(H,18,19)/t8-,9+/m1/s1. The van der Waals surface area contributed by atoms with Crippen molar-refractivity contribution in [1.29, 1.82) is 0 Å². The highest BCUT2D eigenvalue weighted by molar-refractivity contribution is 5.92. The van der Waals surface area contributed by atoms with Crippen LogP contribution in [0.15, 0.2) is 12.5 Å². The Bertz CT molecular complexity index is 471. The number of carbonyl (C=O) groups excluding carboxylic acids is 1. The zero-order valence-corrected chi connectivity index (χ0v) is 10.6. The van der Waals surface area contributed by atoms with E-state index in [1.165, 1.54) is 0 Å². The normalized spacial score (nSPS) is 22.4. The Morgan fingerprint density at radius 3 is 2.95 bits per heavy atom. The number of aliphatic carboxylic acids is 1. The van der Waals surface area contributed by atoms with Crippen LogP contribution in [0.4, 0.5) is 0 Å². The molecule has 0 spiro atoms. The van der Waals surface area contributed by atoms with Crippen molar-refractivity contribution in [3.05, 3.63) is 18.2 Å². The lowest BCUT2D eigenvalue weighted by Crippen LogP contribution is -2.33. The predicted molar refractivity (Wildman–Crippen MR) is 67.5 cm³/mol. The van der Waals surface area contributed by atoms with E-state index in [9.17, 15) is 9.59 Å². The summed E-state index contributed by atoms with van der Waals surface area (Å²) >= 11 is 0. The Kier molecular flexibility index (Phi) is 4.16. The van der Waals surface area contributed by atoms with Gasteiger partial charge in [-0.25, -0.2) is 4.98 Å². The summed E-state index contributed by atoms with van der Waals surface area (Å²) in [6.07, 6.45) is 5.01. The summed E-state index contributed by atoms with van der Waals surface area (Å²) in [5.74, 6) is -1.39. The molecule has 2 rings (SSSR count). The third-order valence-corrected chi connectivity index (χ3v) is 3.37. The zero-order chi connectivity index (χ0) is 13.8. The van der Waals surface area contributed by atoms with Crippen molar-refractivity contribution in [3.8, 4) is 0 Å². The fourth-order valence-electron chi connectivity index (χ4n) is 2.34. The third kappa shape index (κ3) is 3.31. The average Bonchev–Trinajstić information content (AvgIpc) is 2.98. The van der Waals surface area contributed by atoms with E-state index in [-0.39, 0.29) is 17.9 Å². The first-order valence-corrected chi connectivity index (χ1v) is 6.35. The Balaban J connectivity index is 1.88. The van der Waals surface area contributed by atoms with Gasteiger partial charge in [-0.3, -0.25) is 9.59 Å². The number of nitrogens with one attached hydrogen (secondary N) is 1. The van der Waals surface area contributed by atoms with Crippen molar-refractivity contribution >= 4 is 11.9 Å². The number of nitrogens with two attached hydrogens (primary N) is 1. The van der Waals surface area contributed by atoms with E-state index >= 15 is 0 Å². The molecular weight excluding hydrogens is 248 g/mol. The van der Waals surface area contributed by atoms with Gasteiger partial charge in [-0.2, -0.15) is 0 Å². The van der Waals surface area contributed by atoms with Gasteiger partial charge < -0.3 is 20.7 Å². The maximum absolute atomic E-state index is 11.9. The van der Waals surface area contributed by atoms with E-state index in [1.807, 2.05) is 0 Å². The molecular formula is C12H18N4O3. The molecule has 1 amide bonds. The van der Waals surface area contributed by atoms with Crippen molar-refractivity contribution in [3.63, 3.8) is 0 Å². The van der Waals surface area contributed by atoms with Crippen molar-refractivity contribution in [2.75, 3.05) is 6.54 Å². The Hall–Kier alpha value is -1.89. The Labute approximate surface area is 110 Å². The minimum Gasteiger partial charge on any atom is -0.481 e. The molecule has 1 aliphatic carbocycles. The molecule has 19 heavy (non-hydrogen) atoms. The van der Waals surface area contributed by atoms with Crippen LogP contribution in [0.25, 0.3) is 0 Å². The molecule has 0 unspecified atom stereocenters. The minimum absolute atomic E-state index is 0.0757. The molecule has 1 heterocycles. The number of imidazole rings is 1. The molecule has 0 aliphatic heterocycles. The molecule has 1 aromatic rings. The average molecular weight is 266 g/mol. The van der Waals surface area contributed by atoms with Gasteiger partial charge in [0, 0.05) is 25.3 Å². The third-order valence-electron chi connectivity index (χ3n) is 3.37. The summed E-state index contributed by atoms with van der Waals surface area (Å²) in [6, 6.07) is -0.0757. The van der Waals surface area contributed by atoms with Crippen LogP contribution < -0.4 is 11.1 Å². The number of nitrogens with zero attached hydrogens (tertiary/aromatic N) is 2. The molecule has 7 nitrogen and oxygen atoms in total. The van der Waals surface area contributed by atoms with Crippen molar-refractivity contribution < 1.29 is 14.7 Å². The highest BCUT2D eigenvalue weighted by atomic mass is 16.4. The Morgan fingerprint density at radius 2 is 2.32 bits per heavy atom. The molecule has 0 radical (unpaired) electrons. The molecule has 1 aliphatic rings. The Morgan fingerprint density at radius 1 is 1.53 bits per heavy atom. The maximum Gasteiger partial charge on any atom is 0.306 e. The first kappa shape index (κ1) is 13.5. The van der Waals surface area contributed by atoms with Crippen molar-refractivity contribution in [2.24, 2.45) is 11.7 Å². The van der Waals surface area contributed by atoms with Crippen LogP contribution >= 0.6 is 0 Å². The molecule has 4 N–H and O–H groups in total. The fraction of sp³-hybridized carbons (Fsp3) is 0.583. The quantitative estimate of drug-likeness (QED) is 0.685. The number of carboxylic acids is 1. The van der Waals surface area contributed by atoms with Crippen LogP contribution in [0, 0.1) is 5.92 Å². The van der Waals surface area contributed by atoms with E-state index in [2.05, 4.69) is 10.3 Å². The molecule has 2 atom stereocenters. The van der Waals surface area contributed by atoms with Gasteiger partial charge in [0.15, 0.2) is 0 Å². The van der Waals surface area contributed by atoms with Gasteiger partial charge in [-0.15, -0.1) is 0 Å². The first-order valence-electron chi connectivity index (χ1n) is 6.35. The monoisotopic (exact) mass is 266 g/mol. The molecule has 0 saturated heterocycles. The van der Waals surface area contributed by atoms with Crippen LogP contribution in [0.2, 0.25) is 0 Å². The second-order valence-electron chi connectivity index (χ2n) is 4.80. The number of hydrogen-bond donors (Lipinski definition) is 3. The van der Waals surface area contributed by atoms with Crippen LogP contribution in [-0.4, -0.2) is 39.1 Å². The topological polar surface area (TPSA) is 110 Å². The molecule has 104 valence electrons. The van der Waals surface area contributed by atoms with E-state index in [4.69, 9.17) is 10.8 Å². The predicted octanol–water partition coefficient (Wildman–Crippen LogP) is -0.175. The molecule has 0 bridgehead atoms. The van der Waals surface area contributed by atoms with Gasteiger partial charge in [-0.1, -0.05) is 0 Å². The first-order chi connectivity index (χ1) is 9.10. The second-order valence-corrected chi connectivity index (χ2v) is 4.80. The lowest BCUT2D eigenvalue weighted by Gasteiger charge is -2.10. The van der Waals surface area contributed by atoms with Crippen molar-refractivity contribution in [2.45, 2.75) is 31.8 Å². The smallest absolute Gasteiger partial charge is 0.306 e. The van der Waals surface area contributed by atoms with Gasteiger partial charge in [0.25, 0.3) is 5.91 Å². The number of amides is 1. The van der Waals surface area contributed by atoms with Gasteiger partial charge >= 0.3 is 5.97 Å². The lowest BCUT2D eigenvalue weighted by molar-refractivity contribution is -0.141. The number of aromatic nitrogens is 2. The highest BCUT2D eigenvalue weighted by Crippen LogP contribution is 2.25. The van der Waals surface area contributed by atoms with Gasteiger partial charge in [0.05, 0.1) is 12.2 Å². The van der Waals surface area contributed by atoms with Gasteiger partial charge in [0.1, 0.15) is 5.69 Å². The molecule has 1 saturated carbocycles. The summed E-state index contributed by atoms with van der Waals surface area (Å²) in [6.45, 7) is 1.10. The number of hydrogen-bond acceptors (Lipinski definition) is 4. The van der Waals surface area contributed by atoms with Crippen molar-refractivity contribution in [1.82, 2.24) is 14.9 Å². The van der Waals surface area contributed by atoms with Gasteiger partial charge in [-0.05, 0) is 19.3 Å².